The molecule has 0 spiro atoms. The third-order valence-corrected chi connectivity index (χ3v) is 2.37. The van der Waals surface area contributed by atoms with E-state index in [0.29, 0.717) is 18.8 Å². The second kappa shape index (κ2) is 6.16. The van der Waals surface area contributed by atoms with Crippen LogP contribution in [0.15, 0.2) is 12.5 Å². The molecule has 0 bridgehead atoms. The summed E-state index contributed by atoms with van der Waals surface area (Å²) >= 11 is 1.46. The first-order valence-corrected chi connectivity index (χ1v) is 6.03. The lowest BCUT2D eigenvalue weighted by atomic mass is 10.5. The van der Waals surface area contributed by atoms with Crippen molar-refractivity contribution in [1.82, 2.24) is 14.9 Å². The van der Waals surface area contributed by atoms with Crippen LogP contribution in [0.4, 0.5) is 0 Å². The molecule has 1 aromatic rings. The summed E-state index contributed by atoms with van der Waals surface area (Å²) in [6.07, 6.45) is 4.72. The fraction of sp³-hybridized carbons (Fsp3) is 0.444. The summed E-state index contributed by atoms with van der Waals surface area (Å²) in [6.45, 7) is 0.981. The van der Waals surface area contributed by atoms with E-state index in [1.807, 2.05) is 6.26 Å². The number of hydrogen-bond acceptors (Lipinski definition) is 4. The normalized spacial score (nSPS) is 10.1. The van der Waals surface area contributed by atoms with Crippen molar-refractivity contribution >= 4 is 23.6 Å². The van der Waals surface area contributed by atoms with Crippen LogP contribution >= 0.6 is 11.8 Å². The quantitative estimate of drug-likeness (QED) is 0.738. The largest absolute Gasteiger partial charge is 0.476 e. The van der Waals surface area contributed by atoms with Crippen LogP contribution < -0.4 is 5.32 Å². The highest BCUT2D eigenvalue weighted by Gasteiger charge is 2.06. The van der Waals surface area contributed by atoms with Crippen LogP contribution in [0.3, 0.4) is 0 Å². The molecule has 1 rings (SSSR count). The van der Waals surface area contributed by atoms with Gasteiger partial charge in [0.1, 0.15) is 0 Å². The van der Waals surface area contributed by atoms with Gasteiger partial charge in [0, 0.05) is 19.3 Å². The van der Waals surface area contributed by atoms with E-state index >= 15 is 0 Å². The highest BCUT2D eigenvalue weighted by atomic mass is 32.2. The van der Waals surface area contributed by atoms with Gasteiger partial charge in [-0.05, 0) is 6.26 Å². The monoisotopic (exact) mass is 243 g/mol. The molecule has 0 unspecified atom stereocenters. The standard InChI is InChI=1S/C9H13N3O3S/c1-16-5-8(13)10-2-3-12-4-7(9(14)15)11-6-12/h4,6H,2-3,5H2,1H3,(H,10,13)(H,14,15). The van der Waals surface area contributed by atoms with Gasteiger partial charge in [-0.1, -0.05) is 0 Å². The average Bonchev–Trinajstić information content (AvgIpc) is 2.67. The molecule has 0 aromatic carbocycles. The van der Waals surface area contributed by atoms with Crippen molar-refractivity contribution in [3.05, 3.63) is 18.2 Å². The zero-order valence-electron chi connectivity index (χ0n) is 8.84. The van der Waals surface area contributed by atoms with Crippen molar-refractivity contribution in [2.24, 2.45) is 0 Å². The first-order chi connectivity index (χ1) is 7.63. The van der Waals surface area contributed by atoms with Gasteiger partial charge >= 0.3 is 5.97 Å². The fourth-order valence-corrected chi connectivity index (χ4v) is 1.46. The van der Waals surface area contributed by atoms with Gasteiger partial charge in [-0.25, -0.2) is 9.78 Å². The third-order valence-electron chi connectivity index (χ3n) is 1.82. The second-order valence-electron chi connectivity index (χ2n) is 3.08. The molecule has 1 amide bonds. The summed E-state index contributed by atoms with van der Waals surface area (Å²) in [7, 11) is 0. The van der Waals surface area contributed by atoms with E-state index in [0.717, 1.165) is 0 Å². The summed E-state index contributed by atoms with van der Waals surface area (Å²) in [5, 5.41) is 11.3. The van der Waals surface area contributed by atoms with Crippen molar-refractivity contribution in [2.45, 2.75) is 6.54 Å². The zero-order valence-corrected chi connectivity index (χ0v) is 9.66. The zero-order chi connectivity index (χ0) is 12.0. The van der Waals surface area contributed by atoms with Crippen molar-refractivity contribution in [2.75, 3.05) is 18.6 Å². The predicted molar refractivity (Wildman–Crippen MR) is 60.6 cm³/mol. The fourth-order valence-electron chi connectivity index (χ4n) is 1.10. The van der Waals surface area contributed by atoms with Crippen LogP contribution in [0.1, 0.15) is 10.5 Å². The lowest BCUT2D eigenvalue weighted by Crippen LogP contribution is -2.28. The number of rotatable bonds is 6. The molecule has 0 atom stereocenters. The Morgan fingerprint density at radius 1 is 1.62 bits per heavy atom. The minimum absolute atomic E-state index is 0.00967. The van der Waals surface area contributed by atoms with Gasteiger partial charge in [-0.2, -0.15) is 11.8 Å². The minimum Gasteiger partial charge on any atom is -0.476 e. The van der Waals surface area contributed by atoms with E-state index in [1.165, 1.54) is 24.3 Å². The Bertz CT molecular complexity index is 378. The average molecular weight is 243 g/mol. The number of aromatic carboxylic acids is 1. The first-order valence-electron chi connectivity index (χ1n) is 4.64. The summed E-state index contributed by atoms with van der Waals surface area (Å²) < 4.78 is 1.63. The molecule has 0 aliphatic carbocycles. The highest BCUT2D eigenvalue weighted by molar-refractivity contribution is 7.99. The Kier molecular flexibility index (Phi) is 4.84. The number of imidazole rings is 1. The second-order valence-corrected chi connectivity index (χ2v) is 3.95. The van der Waals surface area contributed by atoms with E-state index in [-0.39, 0.29) is 11.6 Å². The summed E-state index contributed by atoms with van der Waals surface area (Å²) in [4.78, 5) is 25.3. The van der Waals surface area contributed by atoms with Gasteiger partial charge in [-0.3, -0.25) is 4.79 Å². The molecular weight excluding hydrogens is 230 g/mol. The molecule has 7 heteroatoms. The highest BCUT2D eigenvalue weighted by Crippen LogP contribution is 1.95. The number of nitrogens with one attached hydrogen (secondary N) is 1. The smallest absolute Gasteiger partial charge is 0.356 e. The Balaban J connectivity index is 2.32. The molecule has 1 aromatic heterocycles. The number of aromatic nitrogens is 2. The van der Waals surface area contributed by atoms with E-state index in [2.05, 4.69) is 10.3 Å². The maximum atomic E-state index is 11.1. The van der Waals surface area contributed by atoms with Crippen LogP contribution in [0, 0.1) is 0 Å². The minimum atomic E-state index is -1.05. The molecule has 0 aliphatic rings. The topological polar surface area (TPSA) is 84.2 Å². The number of hydrogen-bond donors (Lipinski definition) is 2. The van der Waals surface area contributed by atoms with Crippen LogP contribution in [0.2, 0.25) is 0 Å². The third kappa shape index (κ3) is 3.93. The molecule has 0 saturated heterocycles. The van der Waals surface area contributed by atoms with Crippen LogP contribution in [0.5, 0.6) is 0 Å². The van der Waals surface area contributed by atoms with Gasteiger partial charge < -0.3 is 15.0 Å². The van der Waals surface area contributed by atoms with Gasteiger partial charge in [0.15, 0.2) is 5.69 Å². The number of carboxylic acids is 1. The molecule has 16 heavy (non-hydrogen) atoms. The Labute approximate surface area is 97.1 Å². The number of nitrogens with zero attached hydrogens (tertiary/aromatic N) is 2. The maximum absolute atomic E-state index is 11.1. The summed E-state index contributed by atoms with van der Waals surface area (Å²) in [5.41, 5.74) is 0.00967. The lowest BCUT2D eigenvalue weighted by molar-refractivity contribution is -0.118. The van der Waals surface area contributed by atoms with Crippen LogP contribution in [-0.4, -0.2) is 45.1 Å². The predicted octanol–water partition coefficient (Wildman–Crippen LogP) is 0.0605. The van der Waals surface area contributed by atoms with Crippen molar-refractivity contribution in [3.63, 3.8) is 0 Å². The number of carboxylic acid groups (broad SMARTS) is 1. The SMILES string of the molecule is CSCC(=O)NCCn1cnc(C(=O)O)c1. The molecule has 88 valence electrons. The molecule has 6 nitrogen and oxygen atoms in total. The number of amides is 1. The molecule has 2 N–H and O–H groups in total. The Morgan fingerprint density at radius 2 is 2.38 bits per heavy atom. The first kappa shape index (κ1) is 12.6. The molecule has 0 radical (unpaired) electrons. The molecule has 0 fully saturated rings. The van der Waals surface area contributed by atoms with Gasteiger partial charge in [-0.15, -0.1) is 0 Å². The van der Waals surface area contributed by atoms with Crippen molar-refractivity contribution in [3.8, 4) is 0 Å². The van der Waals surface area contributed by atoms with Crippen LogP contribution in [-0.2, 0) is 11.3 Å². The number of thioether (sulfide) groups is 1. The summed E-state index contributed by atoms with van der Waals surface area (Å²) in [5.74, 6) is -0.638. The van der Waals surface area contributed by atoms with E-state index in [1.54, 1.807) is 4.57 Å². The van der Waals surface area contributed by atoms with E-state index in [9.17, 15) is 9.59 Å². The van der Waals surface area contributed by atoms with Crippen LogP contribution in [0.25, 0.3) is 0 Å². The Hall–Kier alpha value is -1.50. The molecule has 1 heterocycles. The number of carbonyl (C=O) groups excluding carboxylic acids is 1. The van der Waals surface area contributed by atoms with E-state index in [4.69, 9.17) is 5.11 Å². The maximum Gasteiger partial charge on any atom is 0.356 e. The molecule has 0 aliphatic heterocycles. The van der Waals surface area contributed by atoms with Crippen molar-refractivity contribution < 1.29 is 14.7 Å². The van der Waals surface area contributed by atoms with Gasteiger partial charge in [0.2, 0.25) is 5.91 Å². The van der Waals surface area contributed by atoms with Crippen molar-refractivity contribution in [1.29, 1.82) is 0 Å². The van der Waals surface area contributed by atoms with Gasteiger partial charge in [0.25, 0.3) is 0 Å². The van der Waals surface area contributed by atoms with E-state index < -0.39 is 5.97 Å². The number of carbonyl (C=O) groups is 2. The molecular formula is C9H13N3O3S. The Morgan fingerprint density at radius 3 is 2.94 bits per heavy atom. The molecule has 0 saturated carbocycles. The summed E-state index contributed by atoms with van der Waals surface area (Å²) in [6, 6.07) is 0. The lowest BCUT2D eigenvalue weighted by Gasteiger charge is -2.04. The van der Waals surface area contributed by atoms with Gasteiger partial charge in [0.05, 0.1) is 12.1 Å².